The molecule has 0 spiro atoms. The van der Waals surface area contributed by atoms with E-state index in [2.05, 4.69) is 0 Å². The Morgan fingerprint density at radius 2 is 2.00 bits per heavy atom. The molecule has 2 N–H and O–H groups in total. The molecule has 2 fully saturated rings. The van der Waals surface area contributed by atoms with Crippen LogP contribution in [0.1, 0.15) is 38.5 Å². The number of aliphatic hydroxyl groups is 2. The zero-order chi connectivity index (χ0) is 9.31. The molecule has 3 unspecified atom stereocenters. The second kappa shape index (κ2) is 3.58. The van der Waals surface area contributed by atoms with Gasteiger partial charge in [-0.25, -0.2) is 0 Å². The van der Waals surface area contributed by atoms with Crippen LogP contribution in [0.4, 0.5) is 0 Å². The molecular formula is C11H20O2. The molecule has 0 aromatic carbocycles. The monoisotopic (exact) mass is 184 g/mol. The van der Waals surface area contributed by atoms with Crippen molar-refractivity contribution in [3.63, 3.8) is 0 Å². The number of hydrogen-bond donors (Lipinski definition) is 2. The van der Waals surface area contributed by atoms with E-state index in [1.54, 1.807) is 0 Å². The first kappa shape index (κ1) is 9.47. The third-order valence-electron chi connectivity index (χ3n) is 4.33. The van der Waals surface area contributed by atoms with Crippen molar-refractivity contribution in [3.05, 3.63) is 0 Å². The Balaban J connectivity index is 2.05. The number of hydrogen-bond acceptors (Lipinski definition) is 2. The standard InChI is InChI=1S/C11H20O2/c12-7-9-3-5-11(8-13)4-1-2-10(11)6-9/h9-10,12-13H,1-8H2. The molecule has 0 amide bonds. The van der Waals surface area contributed by atoms with Crippen LogP contribution in [0.3, 0.4) is 0 Å². The molecule has 0 aromatic rings. The summed E-state index contributed by atoms with van der Waals surface area (Å²) in [6.07, 6.45) is 7.18. The van der Waals surface area contributed by atoms with Gasteiger partial charge in [-0.05, 0) is 49.4 Å². The molecule has 0 saturated heterocycles. The van der Waals surface area contributed by atoms with E-state index in [9.17, 15) is 5.11 Å². The van der Waals surface area contributed by atoms with E-state index in [0.717, 1.165) is 19.3 Å². The minimum absolute atomic E-state index is 0.256. The molecule has 0 heterocycles. The molecule has 2 saturated carbocycles. The fourth-order valence-electron chi connectivity index (χ4n) is 3.37. The maximum Gasteiger partial charge on any atom is 0.0490 e. The second-order valence-corrected chi connectivity index (χ2v) is 4.93. The predicted molar refractivity (Wildman–Crippen MR) is 51.3 cm³/mol. The summed E-state index contributed by atoms with van der Waals surface area (Å²) in [5.41, 5.74) is 0.256. The first-order chi connectivity index (χ1) is 6.30. The minimum atomic E-state index is 0.256. The molecule has 0 aromatic heterocycles. The van der Waals surface area contributed by atoms with Gasteiger partial charge in [-0.3, -0.25) is 0 Å². The van der Waals surface area contributed by atoms with Crippen molar-refractivity contribution in [2.24, 2.45) is 17.3 Å². The minimum Gasteiger partial charge on any atom is -0.396 e. The average molecular weight is 184 g/mol. The lowest BCUT2D eigenvalue weighted by Gasteiger charge is -2.41. The summed E-state index contributed by atoms with van der Waals surface area (Å²) in [6.45, 7) is 0.716. The van der Waals surface area contributed by atoms with Gasteiger partial charge in [0.1, 0.15) is 0 Å². The van der Waals surface area contributed by atoms with Crippen molar-refractivity contribution in [2.75, 3.05) is 13.2 Å². The van der Waals surface area contributed by atoms with Crippen LogP contribution in [-0.2, 0) is 0 Å². The lowest BCUT2D eigenvalue weighted by Crippen LogP contribution is -2.36. The Hall–Kier alpha value is -0.0800. The number of aliphatic hydroxyl groups excluding tert-OH is 2. The van der Waals surface area contributed by atoms with Crippen LogP contribution in [0.2, 0.25) is 0 Å². The van der Waals surface area contributed by atoms with Crippen molar-refractivity contribution < 1.29 is 10.2 Å². The first-order valence-electron chi connectivity index (χ1n) is 5.52. The summed E-state index contributed by atoms with van der Waals surface area (Å²) >= 11 is 0. The first-order valence-corrected chi connectivity index (χ1v) is 5.52. The van der Waals surface area contributed by atoms with Gasteiger partial charge in [0.2, 0.25) is 0 Å². The molecule has 2 nitrogen and oxygen atoms in total. The SMILES string of the molecule is OCC1CCC2(CO)CCCC2C1. The van der Waals surface area contributed by atoms with Crippen LogP contribution in [-0.4, -0.2) is 23.4 Å². The highest BCUT2D eigenvalue weighted by Gasteiger charge is 2.45. The van der Waals surface area contributed by atoms with Crippen LogP contribution >= 0.6 is 0 Å². The number of rotatable bonds is 2. The molecule has 2 heteroatoms. The lowest BCUT2D eigenvalue weighted by molar-refractivity contribution is 0.0144. The van der Waals surface area contributed by atoms with Gasteiger partial charge in [-0.15, -0.1) is 0 Å². The third-order valence-corrected chi connectivity index (χ3v) is 4.33. The molecule has 0 radical (unpaired) electrons. The quantitative estimate of drug-likeness (QED) is 0.683. The van der Waals surface area contributed by atoms with Gasteiger partial charge in [-0.2, -0.15) is 0 Å². The van der Waals surface area contributed by atoms with E-state index in [0.29, 0.717) is 25.0 Å². The average Bonchev–Trinajstić information content (AvgIpc) is 2.60. The van der Waals surface area contributed by atoms with Gasteiger partial charge in [0, 0.05) is 13.2 Å². The molecule has 2 aliphatic rings. The Bertz CT molecular complexity index is 181. The normalized spacial score (nSPS) is 44.8. The molecule has 76 valence electrons. The van der Waals surface area contributed by atoms with Gasteiger partial charge >= 0.3 is 0 Å². The highest BCUT2D eigenvalue weighted by molar-refractivity contribution is 4.95. The highest BCUT2D eigenvalue weighted by atomic mass is 16.3. The van der Waals surface area contributed by atoms with E-state index in [1.165, 1.54) is 19.3 Å². The summed E-state index contributed by atoms with van der Waals surface area (Å²) in [6, 6.07) is 0. The van der Waals surface area contributed by atoms with Crippen molar-refractivity contribution >= 4 is 0 Å². The third kappa shape index (κ3) is 1.50. The Kier molecular flexibility index (Phi) is 2.61. The lowest BCUT2D eigenvalue weighted by atomic mass is 9.65. The van der Waals surface area contributed by atoms with Crippen molar-refractivity contribution in [2.45, 2.75) is 38.5 Å². The summed E-state index contributed by atoms with van der Waals surface area (Å²) in [5, 5.41) is 18.6. The van der Waals surface area contributed by atoms with Crippen LogP contribution in [0.15, 0.2) is 0 Å². The van der Waals surface area contributed by atoms with E-state index >= 15 is 0 Å². The van der Waals surface area contributed by atoms with Crippen LogP contribution in [0.5, 0.6) is 0 Å². The molecular weight excluding hydrogens is 164 g/mol. The summed E-state index contributed by atoms with van der Waals surface area (Å²) < 4.78 is 0. The van der Waals surface area contributed by atoms with Gasteiger partial charge in [-0.1, -0.05) is 6.42 Å². The highest BCUT2D eigenvalue weighted by Crippen LogP contribution is 2.53. The zero-order valence-corrected chi connectivity index (χ0v) is 8.21. The Labute approximate surface area is 80.0 Å². The van der Waals surface area contributed by atoms with Gasteiger partial charge in [0.15, 0.2) is 0 Å². The van der Waals surface area contributed by atoms with E-state index in [-0.39, 0.29) is 5.41 Å². The van der Waals surface area contributed by atoms with Gasteiger partial charge < -0.3 is 10.2 Å². The molecule has 2 aliphatic carbocycles. The zero-order valence-electron chi connectivity index (χ0n) is 8.21. The molecule has 0 aliphatic heterocycles. The molecule has 2 rings (SSSR count). The molecule has 13 heavy (non-hydrogen) atoms. The maximum atomic E-state index is 9.45. The Morgan fingerprint density at radius 1 is 1.15 bits per heavy atom. The van der Waals surface area contributed by atoms with Crippen molar-refractivity contribution in [3.8, 4) is 0 Å². The second-order valence-electron chi connectivity index (χ2n) is 4.93. The van der Waals surface area contributed by atoms with E-state index < -0.39 is 0 Å². The van der Waals surface area contributed by atoms with Crippen LogP contribution in [0.25, 0.3) is 0 Å². The predicted octanol–water partition coefficient (Wildman–Crippen LogP) is 1.56. The van der Waals surface area contributed by atoms with E-state index in [4.69, 9.17) is 5.11 Å². The van der Waals surface area contributed by atoms with Crippen LogP contribution < -0.4 is 0 Å². The van der Waals surface area contributed by atoms with Crippen LogP contribution in [0, 0.1) is 17.3 Å². The smallest absolute Gasteiger partial charge is 0.0490 e. The fourth-order valence-corrected chi connectivity index (χ4v) is 3.37. The van der Waals surface area contributed by atoms with Crippen molar-refractivity contribution in [1.29, 1.82) is 0 Å². The van der Waals surface area contributed by atoms with Crippen molar-refractivity contribution in [1.82, 2.24) is 0 Å². The topological polar surface area (TPSA) is 40.5 Å². The largest absolute Gasteiger partial charge is 0.396 e. The fraction of sp³-hybridized carbons (Fsp3) is 1.00. The maximum absolute atomic E-state index is 9.45. The molecule has 0 bridgehead atoms. The summed E-state index contributed by atoms with van der Waals surface area (Å²) in [5.74, 6) is 1.21. The molecule has 3 atom stereocenters. The summed E-state index contributed by atoms with van der Waals surface area (Å²) in [4.78, 5) is 0. The van der Waals surface area contributed by atoms with Gasteiger partial charge in [0.25, 0.3) is 0 Å². The van der Waals surface area contributed by atoms with E-state index in [1.807, 2.05) is 0 Å². The Morgan fingerprint density at radius 3 is 2.69 bits per heavy atom. The van der Waals surface area contributed by atoms with Gasteiger partial charge in [0.05, 0.1) is 0 Å². The summed E-state index contributed by atoms with van der Waals surface area (Å²) in [7, 11) is 0. The number of fused-ring (bicyclic) bond motifs is 1.